The summed E-state index contributed by atoms with van der Waals surface area (Å²) in [5, 5.41) is 12.4. The zero-order chi connectivity index (χ0) is 12.8. The number of benzene rings is 2. The highest BCUT2D eigenvalue weighted by Crippen LogP contribution is 2.06. The average Bonchev–Trinajstić information content (AvgIpc) is 2.40. The van der Waals surface area contributed by atoms with E-state index >= 15 is 0 Å². The molecule has 18 heavy (non-hydrogen) atoms. The van der Waals surface area contributed by atoms with Gasteiger partial charge in [0.05, 0.1) is 6.61 Å². The summed E-state index contributed by atoms with van der Waals surface area (Å²) < 4.78 is 0. The lowest BCUT2D eigenvalue weighted by Crippen LogP contribution is -2.12. The molecule has 2 rings (SSSR count). The number of aryl methyl sites for hydroxylation is 1. The Hall–Kier alpha value is -1.64. The predicted octanol–water partition coefficient (Wildman–Crippen LogP) is 2.78. The van der Waals surface area contributed by atoms with Gasteiger partial charge < -0.3 is 10.4 Å². The highest BCUT2D eigenvalue weighted by atomic mass is 16.3. The first-order valence-corrected chi connectivity index (χ1v) is 6.23. The van der Waals surface area contributed by atoms with Crippen molar-refractivity contribution in [1.29, 1.82) is 0 Å². The minimum atomic E-state index is 0.108. The fourth-order valence-corrected chi connectivity index (χ4v) is 1.94. The van der Waals surface area contributed by atoms with Gasteiger partial charge in [0, 0.05) is 13.1 Å². The zero-order valence-corrected chi connectivity index (χ0v) is 10.7. The first-order valence-electron chi connectivity index (χ1n) is 6.23. The normalized spacial score (nSPS) is 10.6. The molecule has 0 spiro atoms. The largest absolute Gasteiger partial charge is 0.392 e. The molecule has 2 heteroatoms. The summed E-state index contributed by atoms with van der Waals surface area (Å²) in [6.45, 7) is 3.94. The third-order valence-electron chi connectivity index (χ3n) is 2.95. The molecule has 0 aromatic heterocycles. The van der Waals surface area contributed by atoms with Crippen LogP contribution in [0.5, 0.6) is 0 Å². The van der Waals surface area contributed by atoms with E-state index in [1.54, 1.807) is 0 Å². The molecule has 0 amide bonds. The molecule has 0 saturated carbocycles. The first-order chi connectivity index (χ1) is 8.78. The summed E-state index contributed by atoms with van der Waals surface area (Å²) in [5.74, 6) is 0. The molecule has 0 radical (unpaired) electrons. The van der Waals surface area contributed by atoms with Gasteiger partial charge >= 0.3 is 0 Å². The molecule has 0 heterocycles. The second kappa shape index (κ2) is 6.34. The van der Waals surface area contributed by atoms with Crippen LogP contribution in [0.2, 0.25) is 0 Å². The molecule has 2 aromatic rings. The van der Waals surface area contributed by atoms with Crippen molar-refractivity contribution in [3.63, 3.8) is 0 Å². The number of nitrogens with one attached hydrogen (secondary N) is 1. The molecule has 0 aliphatic carbocycles. The Morgan fingerprint density at radius 3 is 2.22 bits per heavy atom. The minimum absolute atomic E-state index is 0.108. The van der Waals surface area contributed by atoms with E-state index in [0.717, 1.165) is 18.7 Å². The maximum Gasteiger partial charge on any atom is 0.0681 e. The van der Waals surface area contributed by atoms with Crippen LogP contribution in [0, 0.1) is 6.92 Å². The average molecular weight is 241 g/mol. The van der Waals surface area contributed by atoms with Crippen molar-refractivity contribution in [2.45, 2.75) is 26.6 Å². The van der Waals surface area contributed by atoms with Crippen LogP contribution in [0.4, 0.5) is 0 Å². The van der Waals surface area contributed by atoms with Crippen molar-refractivity contribution in [3.8, 4) is 0 Å². The third kappa shape index (κ3) is 3.69. The molecule has 0 fully saturated rings. The number of hydrogen-bond acceptors (Lipinski definition) is 2. The van der Waals surface area contributed by atoms with Crippen LogP contribution in [-0.2, 0) is 19.7 Å². The van der Waals surface area contributed by atoms with Crippen LogP contribution >= 0.6 is 0 Å². The smallest absolute Gasteiger partial charge is 0.0681 e. The molecular weight excluding hydrogens is 222 g/mol. The highest BCUT2D eigenvalue weighted by molar-refractivity contribution is 5.23. The quantitative estimate of drug-likeness (QED) is 0.843. The van der Waals surface area contributed by atoms with Gasteiger partial charge in [0.1, 0.15) is 0 Å². The molecule has 0 atom stereocenters. The van der Waals surface area contributed by atoms with Gasteiger partial charge in [-0.3, -0.25) is 0 Å². The standard InChI is InChI=1S/C16H19NO/c1-13-3-2-4-16(9-13)11-17-10-14-5-7-15(12-18)8-6-14/h2-9,17-18H,10-12H2,1H3. The second-order valence-corrected chi connectivity index (χ2v) is 4.57. The summed E-state index contributed by atoms with van der Waals surface area (Å²) in [6.07, 6.45) is 0. The summed E-state index contributed by atoms with van der Waals surface area (Å²) in [4.78, 5) is 0. The second-order valence-electron chi connectivity index (χ2n) is 4.57. The lowest BCUT2D eigenvalue weighted by atomic mass is 10.1. The van der Waals surface area contributed by atoms with E-state index < -0.39 is 0 Å². The molecule has 0 aliphatic rings. The molecule has 0 saturated heterocycles. The lowest BCUT2D eigenvalue weighted by molar-refractivity contribution is 0.282. The van der Waals surface area contributed by atoms with E-state index in [-0.39, 0.29) is 6.61 Å². The van der Waals surface area contributed by atoms with Crippen LogP contribution in [0.3, 0.4) is 0 Å². The van der Waals surface area contributed by atoms with E-state index in [1.807, 2.05) is 12.1 Å². The van der Waals surface area contributed by atoms with E-state index in [2.05, 4.69) is 48.6 Å². The van der Waals surface area contributed by atoms with Gasteiger partial charge in [0.15, 0.2) is 0 Å². The lowest BCUT2D eigenvalue weighted by Gasteiger charge is -2.06. The monoisotopic (exact) mass is 241 g/mol. The predicted molar refractivity (Wildman–Crippen MR) is 74.1 cm³/mol. The van der Waals surface area contributed by atoms with Gasteiger partial charge in [0.2, 0.25) is 0 Å². The van der Waals surface area contributed by atoms with Crippen molar-refractivity contribution in [3.05, 3.63) is 70.8 Å². The molecule has 94 valence electrons. The number of hydrogen-bond donors (Lipinski definition) is 2. The van der Waals surface area contributed by atoms with Crippen molar-refractivity contribution < 1.29 is 5.11 Å². The Labute approximate surface area is 108 Å². The topological polar surface area (TPSA) is 32.3 Å². The third-order valence-corrected chi connectivity index (χ3v) is 2.95. The van der Waals surface area contributed by atoms with Gasteiger partial charge in [-0.05, 0) is 23.6 Å². The van der Waals surface area contributed by atoms with Crippen molar-refractivity contribution in [1.82, 2.24) is 5.32 Å². The van der Waals surface area contributed by atoms with Gasteiger partial charge in [-0.1, -0.05) is 54.1 Å². The van der Waals surface area contributed by atoms with Crippen LogP contribution in [0.25, 0.3) is 0 Å². The van der Waals surface area contributed by atoms with E-state index in [9.17, 15) is 0 Å². The Bertz CT molecular complexity index is 491. The Morgan fingerprint density at radius 2 is 1.56 bits per heavy atom. The first kappa shape index (κ1) is 12.8. The van der Waals surface area contributed by atoms with Crippen molar-refractivity contribution in [2.75, 3.05) is 0 Å². The summed E-state index contributed by atoms with van der Waals surface area (Å²) in [7, 11) is 0. The minimum Gasteiger partial charge on any atom is -0.392 e. The van der Waals surface area contributed by atoms with Crippen molar-refractivity contribution >= 4 is 0 Å². The Kier molecular flexibility index (Phi) is 4.51. The highest BCUT2D eigenvalue weighted by Gasteiger charge is 1.95. The molecule has 2 N–H and O–H groups in total. The van der Waals surface area contributed by atoms with Gasteiger partial charge in [-0.25, -0.2) is 0 Å². The maximum absolute atomic E-state index is 8.96. The maximum atomic E-state index is 8.96. The molecule has 0 unspecified atom stereocenters. The molecule has 2 nitrogen and oxygen atoms in total. The van der Waals surface area contributed by atoms with E-state index in [0.29, 0.717) is 0 Å². The van der Waals surface area contributed by atoms with E-state index in [4.69, 9.17) is 5.11 Å². The number of rotatable bonds is 5. The summed E-state index contributed by atoms with van der Waals surface area (Å²) in [5.41, 5.74) is 4.79. The fourth-order valence-electron chi connectivity index (χ4n) is 1.94. The Morgan fingerprint density at radius 1 is 0.889 bits per heavy atom. The Balaban J connectivity index is 1.84. The van der Waals surface area contributed by atoms with Crippen molar-refractivity contribution in [2.24, 2.45) is 0 Å². The van der Waals surface area contributed by atoms with Crippen LogP contribution < -0.4 is 5.32 Å². The van der Waals surface area contributed by atoms with Gasteiger partial charge in [-0.2, -0.15) is 0 Å². The summed E-state index contributed by atoms with van der Waals surface area (Å²) >= 11 is 0. The molecule has 0 aliphatic heterocycles. The zero-order valence-electron chi connectivity index (χ0n) is 10.7. The molecular formula is C16H19NO. The number of aliphatic hydroxyl groups excluding tert-OH is 1. The molecule has 0 bridgehead atoms. The van der Waals surface area contributed by atoms with Gasteiger partial charge in [0.25, 0.3) is 0 Å². The van der Waals surface area contributed by atoms with E-state index in [1.165, 1.54) is 16.7 Å². The fraction of sp³-hybridized carbons (Fsp3) is 0.250. The molecule has 2 aromatic carbocycles. The van der Waals surface area contributed by atoms with Crippen LogP contribution in [0.1, 0.15) is 22.3 Å². The SMILES string of the molecule is Cc1cccc(CNCc2ccc(CO)cc2)c1. The number of aliphatic hydroxyl groups is 1. The van der Waals surface area contributed by atoms with Gasteiger partial charge in [-0.15, -0.1) is 0 Å². The summed E-state index contributed by atoms with van der Waals surface area (Å²) in [6, 6.07) is 16.5. The van der Waals surface area contributed by atoms with Crippen LogP contribution in [0.15, 0.2) is 48.5 Å². The van der Waals surface area contributed by atoms with Crippen LogP contribution in [-0.4, -0.2) is 5.11 Å².